The number of hydrogen-bond donors (Lipinski definition) is 1. The normalized spacial score (nSPS) is 16.5. The minimum atomic E-state index is 0.0851. The lowest BCUT2D eigenvalue weighted by Gasteiger charge is -2.25. The van der Waals surface area contributed by atoms with E-state index in [9.17, 15) is 4.79 Å². The Kier molecular flexibility index (Phi) is 5.35. The number of halogens is 1. The molecule has 18 heavy (non-hydrogen) atoms. The van der Waals surface area contributed by atoms with Gasteiger partial charge in [0, 0.05) is 36.2 Å². The molecule has 1 heterocycles. The number of nitrogens with one attached hydrogen (secondary N) is 1. The highest BCUT2D eigenvalue weighted by Gasteiger charge is 2.13. The fourth-order valence-electron chi connectivity index (χ4n) is 1.87. The van der Waals surface area contributed by atoms with Crippen LogP contribution in [0.5, 0.6) is 0 Å². The minimum absolute atomic E-state index is 0.0851. The van der Waals surface area contributed by atoms with Crippen LogP contribution in [-0.4, -0.2) is 41.9 Å². The van der Waals surface area contributed by atoms with Crippen LogP contribution in [0.4, 0.5) is 0 Å². The van der Waals surface area contributed by atoms with E-state index in [-0.39, 0.29) is 5.91 Å². The van der Waals surface area contributed by atoms with Crippen LogP contribution in [0.2, 0.25) is 5.02 Å². The number of amides is 1. The maximum atomic E-state index is 11.8. The first-order chi connectivity index (χ1) is 8.74. The number of carbonyl (C=O) groups is 1. The van der Waals surface area contributed by atoms with Crippen molar-refractivity contribution < 1.29 is 4.79 Å². The van der Waals surface area contributed by atoms with Gasteiger partial charge < -0.3 is 5.32 Å². The number of benzene rings is 1. The zero-order valence-electron chi connectivity index (χ0n) is 10.2. The van der Waals surface area contributed by atoms with Gasteiger partial charge in [0.1, 0.15) is 0 Å². The van der Waals surface area contributed by atoms with Gasteiger partial charge >= 0.3 is 0 Å². The van der Waals surface area contributed by atoms with E-state index in [1.54, 1.807) is 0 Å². The third kappa shape index (κ3) is 4.52. The molecule has 0 radical (unpaired) electrons. The van der Waals surface area contributed by atoms with Crippen LogP contribution in [0.15, 0.2) is 24.3 Å². The van der Waals surface area contributed by atoms with Crippen LogP contribution < -0.4 is 5.32 Å². The molecule has 1 aromatic carbocycles. The third-order valence-corrected chi connectivity index (χ3v) is 4.03. The molecule has 98 valence electrons. The van der Waals surface area contributed by atoms with Crippen LogP contribution in [0, 0.1) is 0 Å². The lowest BCUT2D eigenvalue weighted by Crippen LogP contribution is -2.41. The number of carbonyl (C=O) groups excluding carboxylic acids is 1. The van der Waals surface area contributed by atoms with E-state index >= 15 is 0 Å². The van der Waals surface area contributed by atoms with E-state index in [4.69, 9.17) is 11.6 Å². The van der Waals surface area contributed by atoms with Crippen molar-refractivity contribution in [1.82, 2.24) is 10.2 Å². The molecule has 1 saturated heterocycles. The van der Waals surface area contributed by atoms with Crippen molar-refractivity contribution in [3.8, 4) is 0 Å². The lowest BCUT2D eigenvalue weighted by molar-refractivity contribution is -0.122. The average Bonchev–Trinajstić information content (AvgIpc) is 2.38. The average molecular weight is 285 g/mol. The fraction of sp³-hybridized carbons (Fsp3) is 0.462. The zero-order chi connectivity index (χ0) is 12.8. The first kappa shape index (κ1) is 13.7. The standard InChI is InChI=1S/C13H17ClN2OS/c14-12-3-1-2-11(8-12)9-15-13(17)10-16-4-6-18-7-5-16/h1-3,8H,4-7,9-10H2,(H,15,17). The van der Waals surface area contributed by atoms with Crippen molar-refractivity contribution in [2.75, 3.05) is 31.1 Å². The summed E-state index contributed by atoms with van der Waals surface area (Å²) in [5.41, 5.74) is 1.03. The van der Waals surface area contributed by atoms with E-state index < -0.39 is 0 Å². The predicted octanol–water partition coefficient (Wildman–Crippen LogP) is 2.00. The van der Waals surface area contributed by atoms with Gasteiger partial charge in [0.05, 0.1) is 6.54 Å². The van der Waals surface area contributed by atoms with Gasteiger partial charge in [0.2, 0.25) is 5.91 Å². The monoisotopic (exact) mass is 284 g/mol. The summed E-state index contributed by atoms with van der Waals surface area (Å²) in [4.78, 5) is 14.0. The van der Waals surface area contributed by atoms with Gasteiger partial charge in [-0.1, -0.05) is 23.7 Å². The number of rotatable bonds is 4. The van der Waals surface area contributed by atoms with Crippen molar-refractivity contribution in [2.45, 2.75) is 6.54 Å². The highest BCUT2D eigenvalue weighted by molar-refractivity contribution is 7.99. The summed E-state index contributed by atoms with van der Waals surface area (Å²) in [5.74, 6) is 2.34. The van der Waals surface area contributed by atoms with Gasteiger partial charge in [-0.2, -0.15) is 11.8 Å². The maximum absolute atomic E-state index is 11.8. The lowest BCUT2D eigenvalue weighted by atomic mass is 10.2. The molecule has 0 aromatic heterocycles. The summed E-state index contributed by atoms with van der Waals surface area (Å²) in [7, 11) is 0. The highest BCUT2D eigenvalue weighted by Crippen LogP contribution is 2.10. The molecule has 1 aromatic rings. The molecule has 1 fully saturated rings. The summed E-state index contributed by atoms with van der Waals surface area (Å²) in [5, 5.41) is 3.63. The van der Waals surface area contributed by atoms with Crippen LogP contribution in [0.1, 0.15) is 5.56 Å². The Morgan fingerprint density at radius 1 is 1.39 bits per heavy atom. The van der Waals surface area contributed by atoms with E-state index in [0.717, 1.165) is 30.2 Å². The molecule has 0 unspecified atom stereocenters. The summed E-state index contributed by atoms with van der Waals surface area (Å²) in [6.07, 6.45) is 0. The molecule has 1 aliphatic rings. The Morgan fingerprint density at radius 2 is 2.17 bits per heavy atom. The smallest absolute Gasteiger partial charge is 0.234 e. The maximum Gasteiger partial charge on any atom is 0.234 e. The van der Waals surface area contributed by atoms with E-state index in [1.807, 2.05) is 36.0 Å². The third-order valence-electron chi connectivity index (χ3n) is 2.85. The number of hydrogen-bond acceptors (Lipinski definition) is 3. The molecular formula is C13H17ClN2OS. The molecule has 0 atom stereocenters. The Balaban J connectivity index is 1.74. The van der Waals surface area contributed by atoms with E-state index in [0.29, 0.717) is 18.1 Å². The largest absolute Gasteiger partial charge is 0.351 e. The van der Waals surface area contributed by atoms with Crippen molar-refractivity contribution in [3.05, 3.63) is 34.9 Å². The first-order valence-corrected chi connectivity index (χ1v) is 7.58. The summed E-state index contributed by atoms with van der Waals surface area (Å²) in [6, 6.07) is 7.56. The molecule has 0 bridgehead atoms. The Labute approximate surface area is 117 Å². The predicted molar refractivity (Wildman–Crippen MR) is 77.1 cm³/mol. The molecule has 1 amide bonds. The molecule has 1 aliphatic heterocycles. The first-order valence-electron chi connectivity index (χ1n) is 6.05. The van der Waals surface area contributed by atoms with Crippen LogP contribution in [-0.2, 0) is 11.3 Å². The van der Waals surface area contributed by atoms with Crippen molar-refractivity contribution in [1.29, 1.82) is 0 Å². The molecule has 1 N–H and O–H groups in total. The topological polar surface area (TPSA) is 32.3 Å². The molecule has 0 spiro atoms. The second-order valence-electron chi connectivity index (χ2n) is 4.30. The SMILES string of the molecule is O=C(CN1CCSCC1)NCc1cccc(Cl)c1. The molecule has 5 heteroatoms. The highest BCUT2D eigenvalue weighted by atomic mass is 35.5. The second kappa shape index (κ2) is 7.02. The van der Waals surface area contributed by atoms with Crippen molar-refractivity contribution in [2.24, 2.45) is 0 Å². The van der Waals surface area contributed by atoms with Crippen LogP contribution >= 0.6 is 23.4 Å². The van der Waals surface area contributed by atoms with E-state index in [2.05, 4.69) is 10.2 Å². The zero-order valence-corrected chi connectivity index (χ0v) is 11.8. The second-order valence-corrected chi connectivity index (χ2v) is 5.96. The number of nitrogens with zero attached hydrogens (tertiary/aromatic N) is 1. The summed E-state index contributed by atoms with van der Waals surface area (Å²) >= 11 is 7.84. The van der Waals surface area contributed by atoms with Gasteiger partial charge in [-0.25, -0.2) is 0 Å². The van der Waals surface area contributed by atoms with Gasteiger partial charge in [-0.05, 0) is 17.7 Å². The van der Waals surface area contributed by atoms with Gasteiger partial charge in [0.15, 0.2) is 0 Å². The van der Waals surface area contributed by atoms with Crippen LogP contribution in [0.25, 0.3) is 0 Å². The van der Waals surface area contributed by atoms with Gasteiger partial charge in [-0.3, -0.25) is 9.69 Å². The number of thioether (sulfide) groups is 1. The minimum Gasteiger partial charge on any atom is -0.351 e. The molecule has 2 rings (SSSR count). The molecule has 0 aliphatic carbocycles. The fourth-order valence-corrected chi connectivity index (χ4v) is 3.06. The Morgan fingerprint density at radius 3 is 2.89 bits per heavy atom. The van der Waals surface area contributed by atoms with Gasteiger partial charge in [-0.15, -0.1) is 0 Å². The van der Waals surface area contributed by atoms with Gasteiger partial charge in [0.25, 0.3) is 0 Å². The molecule has 0 saturated carbocycles. The van der Waals surface area contributed by atoms with Crippen LogP contribution in [0.3, 0.4) is 0 Å². The molecule has 3 nitrogen and oxygen atoms in total. The molecular weight excluding hydrogens is 268 g/mol. The quantitative estimate of drug-likeness (QED) is 0.918. The summed E-state index contributed by atoms with van der Waals surface area (Å²) in [6.45, 7) is 3.06. The van der Waals surface area contributed by atoms with Crippen molar-refractivity contribution in [3.63, 3.8) is 0 Å². The van der Waals surface area contributed by atoms with Crippen molar-refractivity contribution >= 4 is 29.3 Å². The summed E-state index contributed by atoms with van der Waals surface area (Å²) < 4.78 is 0. The Bertz CT molecular complexity index is 408. The van der Waals surface area contributed by atoms with E-state index in [1.165, 1.54) is 0 Å². The Hall–Kier alpha value is -0.710.